The van der Waals surface area contributed by atoms with Crippen LogP contribution in [0.5, 0.6) is 0 Å². The van der Waals surface area contributed by atoms with E-state index in [9.17, 15) is 9.59 Å². The Kier molecular flexibility index (Phi) is 6.06. The standard InChI is InChI=1S/C19H28N4O2S/c1-12(2)10-23-18(25)17-15(9-13(3)20-17)22-19(23)26-11-16(24)21-14-7-5-4-6-8-14/h9,12,14,20H,4-8,10-11H2,1-3H3,(H,21,24). The lowest BCUT2D eigenvalue weighted by molar-refractivity contribution is -0.119. The molecule has 1 amide bonds. The highest BCUT2D eigenvalue weighted by atomic mass is 32.2. The highest BCUT2D eigenvalue weighted by Gasteiger charge is 2.18. The predicted molar refractivity (Wildman–Crippen MR) is 106 cm³/mol. The molecule has 7 heteroatoms. The molecule has 0 aliphatic heterocycles. The van der Waals surface area contributed by atoms with Gasteiger partial charge in [0, 0.05) is 18.3 Å². The quantitative estimate of drug-likeness (QED) is 0.599. The van der Waals surface area contributed by atoms with E-state index in [1.807, 2.05) is 13.0 Å². The molecule has 0 bridgehead atoms. The molecule has 1 aliphatic carbocycles. The summed E-state index contributed by atoms with van der Waals surface area (Å²) in [5.41, 5.74) is 2.06. The van der Waals surface area contributed by atoms with Crippen LogP contribution in [0.15, 0.2) is 16.0 Å². The first-order valence-electron chi connectivity index (χ1n) is 9.46. The Morgan fingerprint density at radius 2 is 2.12 bits per heavy atom. The van der Waals surface area contributed by atoms with Crippen molar-refractivity contribution < 1.29 is 4.79 Å². The number of carbonyl (C=O) groups excluding carboxylic acids is 1. The zero-order chi connectivity index (χ0) is 18.7. The van der Waals surface area contributed by atoms with Crippen molar-refractivity contribution in [3.8, 4) is 0 Å². The van der Waals surface area contributed by atoms with Gasteiger partial charge in [-0.25, -0.2) is 4.98 Å². The average Bonchev–Trinajstić information content (AvgIpc) is 2.97. The van der Waals surface area contributed by atoms with Crippen molar-refractivity contribution in [2.75, 3.05) is 5.75 Å². The largest absolute Gasteiger partial charge is 0.353 e. The molecule has 142 valence electrons. The lowest BCUT2D eigenvalue weighted by atomic mass is 9.95. The summed E-state index contributed by atoms with van der Waals surface area (Å²) in [6.07, 6.45) is 5.79. The van der Waals surface area contributed by atoms with Gasteiger partial charge in [-0.1, -0.05) is 44.9 Å². The molecular formula is C19H28N4O2S. The van der Waals surface area contributed by atoms with Crippen LogP contribution in [-0.4, -0.2) is 32.2 Å². The van der Waals surface area contributed by atoms with Crippen molar-refractivity contribution in [3.05, 3.63) is 22.1 Å². The third kappa shape index (κ3) is 4.50. The molecule has 0 unspecified atom stereocenters. The molecule has 26 heavy (non-hydrogen) atoms. The van der Waals surface area contributed by atoms with E-state index < -0.39 is 0 Å². The fraction of sp³-hybridized carbons (Fsp3) is 0.632. The van der Waals surface area contributed by atoms with Crippen LogP contribution in [0.3, 0.4) is 0 Å². The Labute approximate surface area is 158 Å². The van der Waals surface area contributed by atoms with Gasteiger partial charge in [-0.15, -0.1) is 0 Å². The fourth-order valence-corrected chi connectivity index (χ4v) is 4.31. The first-order chi connectivity index (χ1) is 12.4. The van der Waals surface area contributed by atoms with E-state index in [0.29, 0.717) is 34.7 Å². The summed E-state index contributed by atoms with van der Waals surface area (Å²) in [6, 6.07) is 2.18. The Morgan fingerprint density at radius 3 is 2.81 bits per heavy atom. The van der Waals surface area contributed by atoms with E-state index >= 15 is 0 Å². The number of H-pyrrole nitrogens is 1. The lowest BCUT2D eigenvalue weighted by Crippen LogP contribution is -2.37. The minimum absolute atomic E-state index is 0.0255. The van der Waals surface area contributed by atoms with Crippen LogP contribution in [0.1, 0.15) is 51.6 Å². The number of hydrogen-bond donors (Lipinski definition) is 2. The molecular weight excluding hydrogens is 348 g/mol. The summed E-state index contributed by atoms with van der Waals surface area (Å²) in [4.78, 5) is 32.9. The highest BCUT2D eigenvalue weighted by molar-refractivity contribution is 7.99. The second kappa shape index (κ2) is 8.29. The summed E-state index contributed by atoms with van der Waals surface area (Å²) >= 11 is 1.35. The summed E-state index contributed by atoms with van der Waals surface area (Å²) in [6.45, 7) is 6.65. The van der Waals surface area contributed by atoms with Crippen molar-refractivity contribution in [2.24, 2.45) is 5.92 Å². The number of aromatic nitrogens is 3. The maximum atomic E-state index is 12.8. The maximum absolute atomic E-state index is 12.8. The molecule has 0 aromatic carbocycles. The van der Waals surface area contributed by atoms with Gasteiger partial charge < -0.3 is 10.3 Å². The van der Waals surface area contributed by atoms with Crippen molar-refractivity contribution in [3.63, 3.8) is 0 Å². The van der Waals surface area contributed by atoms with Gasteiger partial charge in [0.15, 0.2) is 5.16 Å². The summed E-state index contributed by atoms with van der Waals surface area (Å²) in [5.74, 6) is 0.631. The molecule has 0 radical (unpaired) electrons. The predicted octanol–water partition coefficient (Wildman–Crippen LogP) is 3.23. The highest BCUT2D eigenvalue weighted by Crippen LogP contribution is 2.21. The molecule has 0 saturated heterocycles. The molecule has 1 aliphatic rings. The van der Waals surface area contributed by atoms with Gasteiger partial charge in [0.25, 0.3) is 5.56 Å². The SMILES string of the molecule is Cc1cc2nc(SCC(=O)NC3CCCCC3)n(CC(C)C)c(=O)c2[nH]1. The Morgan fingerprint density at radius 1 is 1.38 bits per heavy atom. The van der Waals surface area contributed by atoms with E-state index in [1.165, 1.54) is 31.0 Å². The van der Waals surface area contributed by atoms with E-state index in [0.717, 1.165) is 18.5 Å². The number of aromatic amines is 1. The maximum Gasteiger partial charge on any atom is 0.278 e. The number of aryl methyl sites for hydroxylation is 1. The van der Waals surface area contributed by atoms with Crippen molar-refractivity contribution in [2.45, 2.75) is 70.6 Å². The van der Waals surface area contributed by atoms with Gasteiger partial charge >= 0.3 is 0 Å². The first-order valence-corrected chi connectivity index (χ1v) is 10.4. The van der Waals surface area contributed by atoms with Gasteiger partial charge in [-0.2, -0.15) is 0 Å². The van der Waals surface area contributed by atoms with Crippen LogP contribution in [0.25, 0.3) is 11.0 Å². The van der Waals surface area contributed by atoms with Gasteiger partial charge in [-0.3, -0.25) is 14.2 Å². The molecule has 0 spiro atoms. The number of nitrogens with zero attached hydrogens (tertiary/aromatic N) is 2. The number of fused-ring (bicyclic) bond motifs is 1. The van der Waals surface area contributed by atoms with Gasteiger partial charge in [-0.05, 0) is 31.7 Å². The Balaban J connectivity index is 1.76. The van der Waals surface area contributed by atoms with Crippen LogP contribution in [0.4, 0.5) is 0 Å². The number of rotatable bonds is 6. The number of thioether (sulfide) groups is 1. The summed E-state index contributed by atoms with van der Waals surface area (Å²) in [7, 11) is 0. The molecule has 2 heterocycles. The molecule has 3 rings (SSSR count). The topological polar surface area (TPSA) is 79.8 Å². The Hall–Kier alpha value is -1.76. The molecule has 1 saturated carbocycles. The summed E-state index contributed by atoms with van der Waals surface area (Å²) in [5, 5.41) is 3.74. The van der Waals surface area contributed by atoms with Crippen molar-refractivity contribution in [1.82, 2.24) is 19.9 Å². The van der Waals surface area contributed by atoms with Crippen LogP contribution in [0, 0.1) is 12.8 Å². The molecule has 2 N–H and O–H groups in total. The van der Waals surface area contributed by atoms with Crippen LogP contribution in [-0.2, 0) is 11.3 Å². The molecule has 1 fully saturated rings. The molecule has 2 aromatic heterocycles. The average molecular weight is 377 g/mol. The molecule has 6 nitrogen and oxygen atoms in total. The van der Waals surface area contributed by atoms with E-state index in [1.54, 1.807) is 4.57 Å². The second-order valence-corrected chi connectivity index (χ2v) is 8.55. The second-order valence-electron chi connectivity index (χ2n) is 7.61. The van der Waals surface area contributed by atoms with E-state index in [4.69, 9.17) is 0 Å². The third-order valence-electron chi connectivity index (χ3n) is 4.69. The monoisotopic (exact) mass is 376 g/mol. The lowest BCUT2D eigenvalue weighted by Gasteiger charge is -2.22. The zero-order valence-electron chi connectivity index (χ0n) is 15.8. The first kappa shape index (κ1) is 19.0. The van der Waals surface area contributed by atoms with Crippen LogP contribution in [0.2, 0.25) is 0 Å². The van der Waals surface area contributed by atoms with Crippen molar-refractivity contribution in [1.29, 1.82) is 0 Å². The van der Waals surface area contributed by atoms with Crippen LogP contribution >= 0.6 is 11.8 Å². The Bertz CT molecular complexity index is 834. The number of hydrogen-bond acceptors (Lipinski definition) is 4. The van der Waals surface area contributed by atoms with Gasteiger partial charge in [0.1, 0.15) is 5.52 Å². The van der Waals surface area contributed by atoms with Gasteiger partial charge in [0.05, 0.1) is 11.3 Å². The normalized spacial score (nSPS) is 15.7. The van der Waals surface area contributed by atoms with E-state index in [-0.39, 0.29) is 17.2 Å². The zero-order valence-corrected chi connectivity index (χ0v) is 16.6. The minimum atomic E-state index is -0.0630. The van der Waals surface area contributed by atoms with E-state index in [2.05, 4.69) is 29.1 Å². The summed E-state index contributed by atoms with van der Waals surface area (Å²) < 4.78 is 1.70. The van der Waals surface area contributed by atoms with Gasteiger partial charge in [0.2, 0.25) is 5.91 Å². The van der Waals surface area contributed by atoms with Crippen molar-refractivity contribution >= 4 is 28.7 Å². The number of amides is 1. The smallest absolute Gasteiger partial charge is 0.278 e. The molecule has 0 atom stereocenters. The minimum Gasteiger partial charge on any atom is -0.353 e. The molecule has 2 aromatic rings. The number of nitrogens with one attached hydrogen (secondary N) is 2. The van der Waals surface area contributed by atoms with Crippen LogP contribution < -0.4 is 10.9 Å². The number of carbonyl (C=O) groups is 1. The fourth-order valence-electron chi connectivity index (χ4n) is 3.49. The third-order valence-corrected chi connectivity index (χ3v) is 5.66.